The Bertz CT molecular complexity index is 654. The van der Waals surface area contributed by atoms with Gasteiger partial charge < -0.3 is 4.98 Å². The second-order valence-corrected chi connectivity index (χ2v) is 4.60. The van der Waals surface area contributed by atoms with Crippen LogP contribution >= 0.6 is 22.6 Å². The molecule has 3 rings (SSSR count). The first-order valence-corrected chi connectivity index (χ1v) is 5.80. The fourth-order valence-corrected chi connectivity index (χ4v) is 2.03. The highest BCUT2D eigenvalue weighted by molar-refractivity contribution is 14.1. The van der Waals surface area contributed by atoms with E-state index in [2.05, 4.69) is 42.6 Å². The van der Waals surface area contributed by atoms with Crippen LogP contribution in [0, 0.1) is 3.70 Å². The first-order chi connectivity index (χ1) is 7.74. The topological polar surface area (TPSA) is 59.4 Å². The molecule has 5 nitrogen and oxygen atoms in total. The van der Waals surface area contributed by atoms with Gasteiger partial charge in [-0.3, -0.25) is 4.68 Å². The predicted octanol–water partition coefficient (Wildman–Crippen LogP) is 1.96. The third-order valence-corrected chi connectivity index (χ3v) is 2.89. The summed E-state index contributed by atoms with van der Waals surface area (Å²) in [7, 11) is 1.90. The summed E-state index contributed by atoms with van der Waals surface area (Å²) in [5, 5.41) is 4.15. The predicted molar refractivity (Wildman–Crippen MR) is 68.8 cm³/mol. The van der Waals surface area contributed by atoms with Crippen molar-refractivity contribution in [1.82, 2.24) is 24.7 Å². The largest absolute Gasteiger partial charge is 0.344 e. The molecule has 0 saturated heterocycles. The van der Waals surface area contributed by atoms with Gasteiger partial charge >= 0.3 is 0 Å². The summed E-state index contributed by atoms with van der Waals surface area (Å²) in [6, 6.07) is 0. The maximum Gasteiger partial charge on any atom is 0.156 e. The fraction of sp³-hybridized carbons (Fsp3) is 0.100. The van der Waals surface area contributed by atoms with Crippen LogP contribution in [0.25, 0.3) is 22.3 Å². The summed E-state index contributed by atoms with van der Waals surface area (Å²) >= 11 is 2.16. The van der Waals surface area contributed by atoms with Crippen LogP contribution < -0.4 is 0 Å². The van der Waals surface area contributed by atoms with Crippen LogP contribution in [0.5, 0.6) is 0 Å². The summed E-state index contributed by atoms with van der Waals surface area (Å²) in [4.78, 5) is 11.9. The van der Waals surface area contributed by atoms with Crippen molar-refractivity contribution in [3.63, 3.8) is 0 Å². The molecule has 0 saturated carbocycles. The average Bonchev–Trinajstić information content (AvgIpc) is 2.83. The van der Waals surface area contributed by atoms with Crippen LogP contribution in [0.15, 0.2) is 24.8 Å². The van der Waals surface area contributed by atoms with E-state index < -0.39 is 0 Å². The summed E-state index contributed by atoms with van der Waals surface area (Å²) in [6.45, 7) is 0. The molecule has 0 bridgehead atoms. The molecule has 0 spiro atoms. The number of aromatic nitrogens is 5. The Labute approximate surface area is 105 Å². The zero-order chi connectivity index (χ0) is 11.1. The Balaban J connectivity index is 2.27. The standard InChI is InChI=1S/C10H8IN5/c1-16-5-6(2-14-16)7-3-12-10-9(7)15-8(11)4-13-10/h2-5H,1H3,(H,12,13). The molecule has 0 aliphatic rings. The lowest BCUT2D eigenvalue weighted by molar-refractivity contribution is 0.768. The fourth-order valence-electron chi connectivity index (χ4n) is 1.65. The van der Waals surface area contributed by atoms with E-state index in [0.29, 0.717) is 0 Å². The molecule has 16 heavy (non-hydrogen) atoms. The molecule has 6 heteroatoms. The summed E-state index contributed by atoms with van der Waals surface area (Å²) < 4.78 is 2.66. The molecule has 3 aromatic rings. The minimum absolute atomic E-state index is 0.805. The molecule has 1 N–H and O–H groups in total. The molecule has 0 fully saturated rings. The van der Waals surface area contributed by atoms with Gasteiger partial charge in [-0.1, -0.05) is 0 Å². The number of hydrogen-bond acceptors (Lipinski definition) is 3. The van der Waals surface area contributed by atoms with Gasteiger partial charge in [0.25, 0.3) is 0 Å². The molecule has 0 unspecified atom stereocenters. The first-order valence-electron chi connectivity index (χ1n) is 4.72. The van der Waals surface area contributed by atoms with Crippen molar-refractivity contribution in [2.75, 3.05) is 0 Å². The SMILES string of the molecule is Cn1cc(-c2c[nH]c3ncc(I)nc23)cn1. The molecule has 0 aliphatic carbocycles. The van der Waals surface area contributed by atoms with Crippen molar-refractivity contribution in [1.29, 1.82) is 0 Å². The van der Waals surface area contributed by atoms with Gasteiger partial charge in [0.2, 0.25) is 0 Å². The number of hydrogen-bond donors (Lipinski definition) is 1. The van der Waals surface area contributed by atoms with Crippen LogP contribution in [0.3, 0.4) is 0 Å². The molecule has 3 aromatic heterocycles. The summed E-state index contributed by atoms with van der Waals surface area (Å²) in [5.74, 6) is 0. The Kier molecular flexibility index (Phi) is 2.16. The number of nitrogens with zero attached hydrogens (tertiary/aromatic N) is 4. The zero-order valence-electron chi connectivity index (χ0n) is 8.48. The Morgan fingerprint density at radius 1 is 1.38 bits per heavy atom. The van der Waals surface area contributed by atoms with Gasteiger partial charge in [0.15, 0.2) is 5.65 Å². The van der Waals surface area contributed by atoms with E-state index in [1.807, 2.05) is 25.6 Å². The molecule has 0 radical (unpaired) electrons. The Morgan fingerprint density at radius 2 is 2.25 bits per heavy atom. The third-order valence-electron chi connectivity index (χ3n) is 2.37. The third kappa shape index (κ3) is 1.49. The van der Waals surface area contributed by atoms with Crippen molar-refractivity contribution in [2.24, 2.45) is 7.05 Å². The van der Waals surface area contributed by atoms with E-state index in [0.717, 1.165) is 26.0 Å². The first kappa shape index (κ1) is 9.76. The van der Waals surface area contributed by atoms with E-state index >= 15 is 0 Å². The molecule has 0 amide bonds. The number of aryl methyl sites for hydroxylation is 1. The molecule has 80 valence electrons. The van der Waals surface area contributed by atoms with E-state index in [-0.39, 0.29) is 0 Å². The minimum atomic E-state index is 0.805. The zero-order valence-corrected chi connectivity index (χ0v) is 10.6. The molecular weight excluding hydrogens is 317 g/mol. The number of aromatic amines is 1. The van der Waals surface area contributed by atoms with E-state index in [1.54, 1.807) is 10.9 Å². The lowest BCUT2D eigenvalue weighted by Gasteiger charge is -1.94. The second-order valence-electron chi connectivity index (χ2n) is 3.49. The quantitative estimate of drug-likeness (QED) is 0.696. The van der Waals surface area contributed by atoms with Gasteiger partial charge in [0.1, 0.15) is 9.22 Å². The highest BCUT2D eigenvalue weighted by Crippen LogP contribution is 2.25. The number of H-pyrrole nitrogens is 1. The maximum absolute atomic E-state index is 4.48. The van der Waals surface area contributed by atoms with Crippen LogP contribution in [-0.2, 0) is 7.05 Å². The van der Waals surface area contributed by atoms with Crippen LogP contribution in [0.4, 0.5) is 0 Å². The number of nitrogens with one attached hydrogen (secondary N) is 1. The van der Waals surface area contributed by atoms with Crippen LogP contribution in [0.1, 0.15) is 0 Å². The molecule has 3 heterocycles. The van der Waals surface area contributed by atoms with Crippen LogP contribution in [-0.4, -0.2) is 24.7 Å². The van der Waals surface area contributed by atoms with Gasteiger partial charge in [-0.05, 0) is 22.6 Å². The average molecular weight is 325 g/mol. The molecule has 0 aliphatic heterocycles. The van der Waals surface area contributed by atoms with Gasteiger partial charge in [-0.2, -0.15) is 5.10 Å². The van der Waals surface area contributed by atoms with Crippen molar-refractivity contribution < 1.29 is 0 Å². The maximum atomic E-state index is 4.48. The van der Waals surface area contributed by atoms with E-state index in [1.165, 1.54) is 0 Å². The number of fused-ring (bicyclic) bond motifs is 1. The lowest BCUT2D eigenvalue weighted by atomic mass is 10.2. The van der Waals surface area contributed by atoms with Gasteiger partial charge in [-0.15, -0.1) is 0 Å². The van der Waals surface area contributed by atoms with Crippen molar-refractivity contribution in [3.8, 4) is 11.1 Å². The molecule has 0 atom stereocenters. The van der Waals surface area contributed by atoms with Gasteiger partial charge in [-0.25, -0.2) is 9.97 Å². The monoisotopic (exact) mass is 325 g/mol. The highest BCUT2D eigenvalue weighted by Gasteiger charge is 2.10. The molecular formula is C10H8IN5. The molecule has 0 aromatic carbocycles. The Morgan fingerprint density at radius 3 is 3.00 bits per heavy atom. The summed E-state index contributed by atoms with van der Waals surface area (Å²) in [5.41, 5.74) is 3.78. The minimum Gasteiger partial charge on any atom is -0.344 e. The van der Waals surface area contributed by atoms with Crippen molar-refractivity contribution in [3.05, 3.63) is 28.5 Å². The van der Waals surface area contributed by atoms with Crippen LogP contribution in [0.2, 0.25) is 0 Å². The highest BCUT2D eigenvalue weighted by atomic mass is 127. The second kappa shape index (κ2) is 3.55. The normalized spacial score (nSPS) is 11.1. The number of rotatable bonds is 1. The smallest absolute Gasteiger partial charge is 0.156 e. The Hall–Kier alpha value is -1.44. The van der Waals surface area contributed by atoms with Gasteiger partial charge in [0.05, 0.1) is 12.4 Å². The van der Waals surface area contributed by atoms with E-state index in [4.69, 9.17) is 0 Å². The lowest BCUT2D eigenvalue weighted by Crippen LogP contribution is -1.85. The van der Waals surface area contributed by atoms with E-state index in [9.17, 15) is 0 Å². The van der Waals surface area contributed by atoms with Crippen molar-refractivity contribution >= 4 is 33.8 Å². The summed E-state index contributed by atoms with van der Waals surface area (Å²) in [6.07, 6.45) is 7.44. The van der Waals surface area contributed by atoms with Gasteiger partial charge in [0, 0.05) is 30.6 Å². The number of halogens is 1. The van der Waals surface area contributed by atoms with Crippen molar-refractivity contribution in [2.45, 2.75) is 0 Å².